The summed E-state index contributed by atoms with van der Waals surface area (Å²) < 4.78 is 6.53. The lowest BCUT2D eigenvalue weighted by atomic mass is 10.1. The number of rotatable bonds is 8. The molecule has 3 nitrogen and oxygen atoms in total. The van der Waals surface area contributed by atoms with E-state index in [4.69, 9.17) is 14.9 Å². The molecule has 0 radical (unpaired) electrons. The van der Waals surface area contributed by atoms with Crippen LogP contribution in [-0.4, -0.2) is 34.0 Å². The lowest BCUT2D eigenvalue weighted by molar-refractivity contribution is 0.0536. The van der Waals surface area contributed by atoms with Gasteiger partial charge in [0.1, 0.15) is 18.5 Å². The molecule has 0 bridgehead atoms. The molecule has 1 aromatic rings. The Labute approximate surface area is 116 Å². The number of hydrogen-bond acceptors (Lipinski definition) is 3. The maximum absolute atomic E-state index is 9.14. The molecule has 2 N–H and O–H groups in total. The number of unbranched alkanes of at least 4 members (excludes halogenated alkanes) is 1. The van der Waals surface area contributed by atoms with Crippen LogP contribution in [0.4, 0.5) is 0 Å². The molecule has 0 saturated heterocycles. The van der Waals surface area contributed by atoms with Crippen LogP contribution in [0.3, 0.4) is 0 Å². The van der Waals surface area contributed by atoms with Crippen LogP contribution >= 0.6 is 22.6 Å². The van der Waals surface area contributed by atoms with E-state index in [2.05, 4.69) is 22.6 Å². The fourth-order valence-corrected chi connectivity index (χ4v) is 1.96. The Hall–Kier alpha value is -0.330. The Morgan fingerprint density at radius 2 is 1.88 bits per heavy atom. The van der Waals surface area contributed by atoms with Crippen molar-refractivity contribution in [2.75, 3.05) is 17.6 Å². The number of halogens is 1. The second-order valence-electron chi connectivity index (χ2n) is 3.94. The van der Waals surface area contributed by atoms with Crippen molar-refractivity contribution in [2.45, 2.75) is 25.4 Å². The van der Waals surface area contributed by atoms with Crippen molar-refractivity contribution in [3.63, 3.8) is 0 Å². The highest BCUT2D eigenvalue weighted by Crippen LogP contribution is 2.14. The lowest BCUT2D eigenvalue weighted by Gasteiger charge is -2.10. The first kappa shape index (κ1) is 14.7. The number of alkyl halides is 1. The van der Waals surface area contributed by atoms with Gasteiger partial charge in [0.2, 0.25) is 0 Å². The van der Waals surface area contributed by atoms with Crippen molar-refractivity contribution in [1.29, 1.82) is 0 Å². The zero-order valence-corrected chi connectivity index (χ0v) is 12.0. The van der Waals surface area contributed by atoms with E-state index in [1.165, 1.54) is 22.8 Å². The Morgan fingerprint density at radius 1 is 1.18 bits per heavy atom. The number of benzene rings is 1. The first-order valence-electron chi connectivity index (χ1n) is 5.83. The van der Waals surface area contributed by atoms with Crippen LogP contribution in [0.2, 0.25) is 0 Å². The van der Waals surface area contributed by atoms with Crippen LogP contribution in [0.15, 0.2) is 24.3 Å². The van der Waals surface area contributed by atoms with Gasteiger partial charge in [0, 0.05) is 0 Å². The Morgan fingerprint density at radius 3 is 2.47 bits per heavy atom. The number of hydrogen-bond donors (Lipinski definition) is 2. The SMILES string of the molecule is OCC(O)COc1ccc(CCCCI)cc1. The van der Waals surface area contributed by atoms with Crippen LogP contribution in [0, 0.1) is 0 Å². The Kier molecular flexibility index (Phi) is 7.55. The molecule has 1 atom stereocenters. The van der Waals surface area contributed by atoms with Crippen molar-refractivity contribution >= 4 is 22.6 Å². The Balaban J connectivity index is 2.34. The predicted molar refractivity (Wildman–Crippen MR) is 76.9 cm³/mol. The summed E-state index contributed by atoms with van der Waals surface area (Å²) >= 11 is 2.39. The number of aryl methyl sites for hydroxylation is 1. The number of aliphatic hydroxyl groups is 2. The lowest BCUT2D eigenvalue weighted by Crippen LogP contribution is -2.21. The van der Waals surface area contributed by atoms with Gasteiger partial charge < -0.3 is 14.9 Å². The van der Waals surface area contributed by atoms with E-state index in [0.717, 1.165) is 12.2 Å². The molecule has 0 fully saturated rings. The molecule has 96 valence electrons. The molecular formula is C13H19IO3. The van der Waals surface area contributed by atoms with Gasteiger partial charge in [0.15, 0.2) is 0 Å². The van der Waals surface area contributed by atoms with E-state index in [-0.39, 0.29) is 13.2 Å². The molecule has 0 aliphatic carbocycles. The van der Waals surface area contributed by atoms with Gasteiger partial charge in [0.25, 0.3) is 0 Å². The van der Waals surface area contributed by atoms with E-state index in [1.807, 2.05) is 24.3 Å². The van der Waals surface area contributed by atoms with Gasteiger partial charge in [-0.2, -0.15) is 0 Å². The second kappa shape index (κ2) is 8.72. The van der Waals surface area contributed by atoms with Gasteiger partial charge in [0.05, 0.1) is 6.61 Å². The molecule has 0 aliphatic rings. The van der Waals surface area contributed by atoms with Gasteiger partial charge in [-0.15, -0.1) is 0 Å². The highest BCUT2D eigenvalue weighted by atomic mass is 127. The van der Waals surface area contributed by atoms with Crippen molar-refractivity contribution in [2.24, 2.45) is 0 Å². The minimum Gasteiger partial charge on any atom is -0.491 e. The zero-order valence-electron chi connectivity index (χ0n) is 9.81. The maximum Gasteiger partial charge on any atom is 0.119 e. The van der Waals surface area contributed by atoms with E-state index in [0.29, 0.717) is 0 Å². The summed E-state index contributed by atoms with van der Waals surface area (Å²) in [5.41, 5.74) is 1.31. The van der Waals surface area contributed by atoms with E-state index in [9.17, 15) is 0 Å². The summed E-state index contributed by atoms with van der Waals surface area (Å²) in [7, 11) is 0. The molecule has 4 heteroatoms. The van der Waals surface area contributed by atoms with Gasteiger partial charge in [-0.25, -0.2) is 0 Å². The summed E-state index contributed by atoms with van der Waals surface area (Å²) in [4.78, 5) is 0. The van der Waals surface area contributed by atoms with Crippen LogP contribution in [0.5, 0.6) is 5.75 Å². The van der Waals surface area contributed by atoms with Gasteiger partial charge >= 0.3 is 0 Å². The highest BCUT2D eigenvalue weighted by Gasteiger charge is 2.02. The molecule has 1 aromatic carbocycles. The number of aliphatic hydroxyl groups excluding tert-OH is 2. The average molecular weight is 350 g/mol. The fraction of sp³-hybridized carbons (Fsp3) is 0.538. The quantitative estimate of drug-likeness (QED) is 0.429. The average Bonchev–Trinajstić information content (AvgIpc) is 2.37. The minimum absolute atomic E-state index is 0.130. The van der Waals surface area contributed by atoms with E-state index >= 15 is 0 Å². The molecule has 1 unspecified atom stereocenters. The minimum atomic E-state index is -0.807. The molecule has 0 spiro atoms. The highest BCUT2D eigenvalue weighted by molar-refractivity contribution is 14.1. The molecule has 1 rings (SSSR count). The molecule has 0 saturated carbocycles. The van der Waals surface area contributed by atoms with Crippen LogP contribution in [0.25, 0.3) is 0 Å². The molecular weight excluding hydrogens is 331 g/mol. The largest absolute Gasteiger partial charge is 0.491 e. The van der Waals surface area contributed by atoms with Gasteiger partial charge in [-0.05, 0) is 41.4 Å². The van der Waals surface area contributed by atoms with Crippen molar-refractivity contribution < 1.29 is 14.9 Å². The standard InChI is InChI=1S/C13H19IO3/c14-8-2-1-3-11-4-6-13(7-5-11)17-10-12(16)9-15/h4-7,12,15-16H,1-3,8-10H2. The smallest absolute Gasteiger partial charge is 0.119 e. The summed E-state index contributed by atoms with van der Waals surface area (Å²) in [5, 5.41) is 17.8. The third-order valence-corrected chi connectivity index (χ3v) is 3.19. The Bertz CT molecular complexity index is 300. The van der Waals surface area contributed by atoms with E-state index in [1.54, 1.807) is 0 Å². The monoisotopic (exact) mass is 350 g/mol. The first-order chi connectivity index (χ1) is 8.26. The molecule has 17 heavy (non-hydrogen) atoms. The van der Waals surface area contributed by atoms with Crippen LogP contribution < -0.4 is 4.74 Å². The van der Waals surface area contributed by atoms with E-state index < -0.39 is 6.10 Å². The third-order valence-electron chi connectivity index (χ3n) is 2.43. The van der Waals surface area contributed by atoms with Gasteiger partial charge in [-0.3, -0.25) is 0 Å². The zero-order chi connectivity index (χ0) is 12.5. The number of ether oxygens (including phenoxy) is 1. The summed E-state index contributed by atoms with van der Waals surface area (Å²) in [6.45, 7) is -0.140. The summed E-state index contributed by atoms with van der Waals surface area (Å²) in [6.07, 6.45) is 2.76. The molecule has 0 heterocycles. The van der Waals surface area contributed by atoms with Gasteiger partial charge in [-0.1, -0.05) is 34.7 Å². The third kappa shape index (κ3) is 6.24. The van der Waals surface area contributed by atoms with Crippen LogP contribution in [-0.2, 0) is 6.42 Å². The maximum atomic E-state index is 9.14. The predicted octanol–water partition coefficient (Wildman–Crippen LogP) is 2.18. The molecule has 0 amide bonds. The summed E-state index contributed by atoms with van der Waals surface area (Å²) in [5.74, 6) is 0.732. The fourth-order valence-electron chi connectivity index (χ4n) is 1.42. The summed E-state index contributed by atoms with van der Waals surface area (Å²) in [6, 6.07) is 7.91. The van der Waals surface area contributed by atoms with Crippen molar-refractivity contribution in [3.05, 3.63) is 29.8 Å². The molecule has 0 aliphatic heterocycles. The van der Waals surface area contributed by atoms with Crippen molar-refractivity contribution in [3.8, 4) is 5.75 Å². The van der Waals surface area contributed by atoms with Crippen LogP contribution in [0.1, 0.15) is 18.4 Å². The second-order valence-corrected chi connectivity index (χ2v) is 5.02. The molecule has 0 aromatic heterocycles. The topological polar surface area (TPSA) is 49.7 Å². The normalized spacial score (nSPS) is 12.4. The van der Waals surface area contributed by atoms with Crippen molar-refractivity contribution in [1.82, 2.24) is 0 Å². The first-order valence-corrected chi connectivity index (χ1v) is 7.35.